The number of hydrogen-bond donors (Lipinski definition) is 1. The molecule has 6 heteroatoms. The van der Waals surface area contributed by atoms with E-state index in [9.17, 15) is 0 Å². The zero-order valence-electron chi connectivity index (χ0n) is 14.6. The van der Waals surface area contributed by atoms with E-state index in [4.69, 9.17) is 9.41 Å². The maximum Gasteiger partial charge on any atom is 0.194 e. The fourth-order valence-corrected chi connectivity index (χ4v) is 3.25. The number of halogens is 1. The average Bonchev–Trinajstić information content (AvgIpc) is 3.27. The molecule has 2 aliphatic heterocycles. The number of aliphatic imine (C=N–C) groups is 1. The van der Waals surface area contributed by atoms with E-state index in [1.165, 1.54) is 6.42 Å². The summed E-state index contributed by atoms with van der Waals surface area (Å²) in [5.41, 5.74) is 0. The first-order chi connectivity index (χ1) is 11.2. The highest BCUT2D eigenvalue weighted by Crippen LogP contribution is 2.18. The highest BCUT2D eigenvalue weighted by atomic mass is 127. The van der Waals surface area contributed by atoms with Crippen LogP contribution in [-0.2, 0) is 6.42 Å². The highest BCUT2D eigenvalue weighted by Gasteiger charge is 2.29. The van der Waals surface area contributed by atoms with Crippen LogP contribution >= 0.6 is 24.0 Å². The topological polar surface area (TPSA) is 44.0 Å². The Balaban J connectivity index is 0.00000208. The normalized spacial score (nSPS) is 21.5. The van der Waals surface area contributed by atoms with Gasteiger partial charge in [0.25, 0.3) is 0 Å². The Hall–Kier alpha value is -1.02. The third-order valence-corrected chi connectivity index (χ3v) is 4.44. The number of furan rings is 1. The molecule has 1 unspecified atom stereocenters. The van der Waals surface area contributed by atoms with Crippen molar-refractivity contribution in [3.63, 3.8) is 0 Å². The Bertz CT molecular complexity index is 533. The summed E-state index contributed by atoms with van der Waals surface area (Å²) < 4.78 is 5.39. The molecule has 0 spiro atoms. The average molecular weight is 444 g/mol. The van der Waals surface area contributed by atoms with Crippen LogP contribution in [0.2, 0.25) is 0 Å². The van der Waals surface area contributed by atoms with E-state index < -0.39 is 0 Å². The van der Waals surface area contributed by atoms with Gasteiger partial charge in [-0.1, -0.05) is 12.2 Å². The number of rotatable bonds is 5. The lowest BCUT2D eigenvalue weighted by atomic mass is 10.2. The molecule has 1 saturated heterocycles. The van der Waals surface area contributed by atoms with Crippen LogP contribution in [0.3, 0.4) is 0 Å². The molecule has 1 N–H and O–H groups in total. The van der Waals surface area contributed by atoms with Crippen molar-refractivity contribution in [2.75, 3.05) is 32.7 Å². The summed E-state index contributed by atoms with van der Waals surface area (Å²) in [5, 5.41) is 3.52. The van der Waals surface area contributed by atoms with Gasteiger partial charge in [-0.3, -0.25) is 9.89 Å². The van der Waals surface area contributed by atoms with E-state index >= 15 is 0 Å². The van der Waals surface area contributed by atoms with Crippen LogP contribution < -0.4 is 5.32 Å². The molecule has 134 valence electrons. The summed E-state index contributed by atoms with van der Waals surface area (Å²) in [6.07, 6.45) is 8.34. The second-order valence-electron chi connectivity index (χ2n) is 6.65. The number of nitrogens with one attached hydrogen (secondary N) is 1. The van der Waals surface area contributed by atoms with Gasteiger partial charge in [0.1, 0.15) is 5.76 Å². The molecule has 0 amide bonds. The molecule has 1 aromatic heterocycles. The molecule has 1 aromatic rings. The first-order valence-corrected chi connectivity index (χ1v) is 8.69. The third-order valence-electron chi connectivity index (χ3n) is 4.44. The van der Waals surface area contributed by atoms with E-state index in [-0.39, 0.29) is 24.0 Å². The number of nitrogens with zero attached hydrogens (tertiary/aromatic N) is 3. The van der Waals surface area contributed by atoms with Gasteiger partial charge in [-0.25, -0.2) is 0 Å². The van der Waals surface area contributed by atoms with Crippen molar-refractivity contribution in [1.29, 1.82) is 0 Å². The molecule has 2 aliphatic rings. The lowest BCUT2D eigenvalue weighted by Crippen LogP contribution is -2.45. The van der Waals surface area contributed by atoms with Crippen LogP contribution in [0, 0.1) is 0 Å². The summed E-state index contributed by atoms with van der Waals surface area (Å²) >= 11 is 0. The summed E-state index contributed by atoms with van der Waals surface area (Å²) in [7, 11) is 0. The van der Waals surface area contributed by atoms with Crippen molar-refractivity contribution in [3.8, 4) is 0 Å². The fourth-order valence-electron chi connectivity index (χ4n) is 3.25. The first kappa shape index (κ1) is 19.3. The van der Waals surface area contributed by atoms with Gasteiger partial charge in [0.2, 0.25) is 0 Å². The quantitative estimate of drug-likeness (QED) is 0.329. The number of likely N-dealkylation sites (tertiary alicyclic amines) is 1. The van der Waals surface area contributed by atoms with Gasteiger partial charge in [0.15, 0.2) is 5.96 Å². The molecule has 3 heterocycles. The highest BCUT2D eigenvalue weighted by molar-refractivity contribution is 14.0. The van der Waals surface area contributed by atoms with Crippen molar-refractivity contribution in [2.24, 2.45) is 4.99 Å². The minimum Gasteiger partial charge on any atom is -0.469 e. The molecule has 1 fully saturated rings. The van der Waals surface area contributed by atoms with E-state index in [0.717, 1.165) is 50.9 Å². The van der Waals surface area contributed by atoms with Crippen molar-refractivity contribution >= 4 is 29.9 Å². The molecule has 1 atom stereocenters. The lowest BCUT2D eigenvalue weighted by molar-refractivity contribution is 0.259. The van der Waals surface area contributed by atoms with Gasteiger partial charge in [-0.15, -0.1) is 24.0 Å². The van der Waals surface area contributed by atoms with E-state index in [2.05, 4.69) is 41.1 Å². The Kier molecular flexibility index (Phi) is 7.61. The largest absolute Gasteiger partial charge is 0.469 e. The minimum absolute atomic E-state index is 0. The van der Waals surface area contributed by atoms with Gasteiger partial charge >= 0.3 is 0 Å². The molecular formula is C18H29IN4O. The summed E-state index contributed by atoms with van der Waals surface area (Å²) in [6, 6.07) is 4.98. The van der Waals surface area contributed by atoms with Crippen molar-refractivity contribution in [2.45, 2.75) is 38.8 Å². The van der Waals surface area contributed by atoms with Crippen molar-refractivity contribution in [3.05, 3.63) is 36.3 Å². The molecule has 0 saturated carbocycles. The first-order valence-electron chi connectivity index (χ1n) is 8.69. The van der Waals surface area contributed by atoms with Gasteiger partial charge in [0.05, 0.1) is 6.26 Å². The monoisotopic (exact) mass is 444 g/mol. The Morgan fingerprint density at radius 2 is 2.17 bits per heavy atom. The second kappa shape index (κ2) is 9.46. The third kappa shape index (κ3) is 5.24. The lowest BCUT2D eigenvalue weighted by Gasteiger charge is -2.26. The maximum atomic E-state index is 5.39. The molecule has 0 radical (unpaired) electrons. The van der Waals surface area contributed by atoms with Crippen LogP contribution in [0.25, 0.3) is 0 Å². The summed E-state index contributed by atoms with van der Waals surface area (Å²) in [5.74, 6) is 2.04. The van der Waals surface area contributed by atoms with Crippen LogP contribution in [0.4, 0.5) is 0 Å². The van der Waals surface area contributed by atoms with Crippen LogP contribution in [0.5, 0.6) is 0 Å². The van der Waals surface area contributed by atoms with E-state index in [1.54, 1.807) is 6.26 Å². The fraction of sp³-hybridized carbons (Fsp3) is 0.611. The Morgan fingerprint density at radius 1 is 1.38 bits per heavy atom. The summed E-state index contributed by atoms with van der Waals surface area (Å²) in [6.45, 7) is 9.44. The smallest absolute Gasteiger partial charge is 0.194 e. The maximum absolute atomic E-state index is 5.39. The predicted octanol–water partition coefficient (Wildman–Crippen LogP) is 2.74. The van der Waals surface area contributed by atoms with Crippen LogP contribution in [0.1, 0.15) is 26.0 Å². The zero-order chi connectivity index (χ0) is 16.1. The van der Waals surface area contributed by atoms with Gasteiger partial charge in [0, 0.05) is 51.2 Å². The molecule has 0 bridgehead atoms. The Morgan fingerprint density at radius 3 is 2.83 bits per heavy atom. The Labute approximate surface area is 162 Å². The number of guanidine groups is 1. The van der Waals surface area contributed by atoms with Crippen LogP contribution in [-0.4, -0.2) is 60.6 Å². The zero-order valence-corrected chi connectivity index (χ0v) is 17.0. The van der Waals surface area contributed by atoms with Crippen molar-refractivity contribution in [1.82, 2.24) is 15.1 Å². The van der Waals surface area contributed by atoms with Crippen LogP contribution in [0.15, 0.2) is 40.0 Å². The number of hydrogen-bond acceptors (Lipinski definition) is 3. The standard InChI is InChI=1S/C18H28N4O.HI/c1-15(2)20-18(19-9-7-17-6-5-13-23-17)22-12-8-16(14-22)21-10-3-4-11-21;/h3-6,13,15-16H,7-12,14H2,1-2H3,(H,19,20);1H. The minimum atomic E-state index is 0. The predicted molar refractivity (Wildman–Crippen MR) is 109 cm³/mol. The molecule has 5 nitrogen and oxygen atoms in total. The molecule has 3 rings (SSSR count). The van der Waals surface area contributed by atoms with E-state index in [0.29, 0.717) is 12.1 Å². The summed E-state index contributed by atoms with van der Waals surface area (Å²) in [4.78, 5) is 9.78. The molecule has 24 heavy (non-hydrogen) atoms. The van der Waals surface area contributed by atoms with E-state index in [1.807, 2.05) is 12.1 Å². The molecular weight excluding hydrogens is 415 g/mol. The van der Waals surface area contributed by atoms with Gasteiger partial charge in [-0.05, 0) is 32.4 Å². The van der Waals surface area contributed by atoms with Gasteiger partial charge in [-0.2, -0.15) is 0 Å². The second-order valence-corrected chi connectivity index (χ2v) is 6.65. The van der Waals surface area contributed by atoms with Crippen molar-refractivity contribution < 1.29 is 4.42 Å². The molecule has 0 aliphatic carbocycles. The molecule has 0 aromatic carbocycles. The van der Waals surface area contributed by atoms with Gasteiger partial charge < -0.3 is 14.6 Å². The SMILES string of the molecule is CC(C)NC(=NCCc1ccco1)N1CCC(N2CC=CC2)C1.I.